The van der Waals surface area contributed by atoms with Crippen LogP contribution in [0.5, 0.6) is 0 Å². The van der Waals surface area contributed by atoms with Crippen molar-refractivity contribution >= 4 is 21.6 Å². The number of hydrogen-bond acceptors (Lipinski definition) is 2. The largest absolute Gasteiger partial charge is 0.244 e. The van der Waals surface area contributed by atoms with Gasteiger partial charge in [0.1, 0.15) is 4.90 Å². The van der Waals surface area contributed by atoms with Gasteiger partial charge in [0, 0.05) is 11.1 Å². The Bertz CT molecular complexity index is 812. The summed E-state index contributed by atoms with van der Waals surface area (Å²) in [5, 5.41) is 0.405. The zero-order chi connectivity index (χ0) is 16.5. The van der Waals surface area contributed by atoms with E-state index in [1.807, 2.05) is 0 Å². The van der Waals surface area contributed by atoms with Crippen molar-refractivity contribution in [3.63, 3.8) is 0 Å². The highest BCUT2D eigenvalue weighted by Gasteiger charge is 2.25. The summed E-state index contributed by atoms with van der Waals surface area (Å²) in [6, 6.07) is 6.88. The number of halogens is 4. The SMILES string of the molecule is CC(NS(=O)(=O)c1ccc(F)c(F)c1F)c1cccc(Cl)c1. The smallest absolute Gasteiger partial charge is 0.207 e. The minimum absolute atomic E-state index is 0.405. The van der Waals surface area contributed by atoms with E-state index >= 15 is 0 Å². The average Bonchev–Trinajstić information content (AvgIpc) is 2.44. The van der Waals surface area contributed by atoms with Crippen molar-refractivity contribution in [1.29, 1.82) is 0 Å². The Morgan fingerprint density at radius 1 is 1.09 bits per heavy atom. The Morgan fingerprint density at radius 2 is 1.77 bits per heavy atom. The summed E-state index contributed by atoms with van der Waals surface area (Å²) in [4.78, 5) is -0.958. The van der Waals surface area contributed by atoms with Gasteiger partial charge in [0.05, 0.1) is 0 Å². The van der Waals surface area contributed by atoms with Crippen molar-refractivity contribution in [2.45, 2.75) is 17.9 Å². The molecule has 0 spiro atoms. The van der Waals surface area contributed by atoms with Crippen LogP contribution >= 0.6 is 11.6 Å². The fourth-order valence-electron chi connectivity index (χ4n) is 1.86. The molecular formula is C14H11ClF3NO2S. The lowest BCUT2D eigenvalue weighted by molar-refractivity contribution is 0.431. The molecule has 1 atom stereocenters. The van der Waals surface area contributed by atoms with Crippen LogP contribution in [-0.4, -0.2) is 8.42 Å². The first kappa shape index (κ1) is 16.8. The summed E-state index contributed by atoms with van der Waals surface area (Å²) in [7, 11) is -4.37. The molecule has 118 valence electrons. The summed E-state index contributed by atoms with van der Waals surface area (Å²) in [6.07, 6.45) is 0. The molecule has 0 amide bonds. The molecule has 2 aromatic rings. The predicted octanol–water partition coefficient (Wildman–Crippen LogP) is 3.80. The highest BCUT2D eigenvalue weighted by Crippen LogP contribution is 2.23. The van der Waals surface area contributed by atoms with Crippen molar-refractivity contribution in [2.75, 3.05) is 0 Å². The van der Waals surface area contributed by atoms with Gasteiger partial charge in [-0.1, -0.05) is 23.7 Å². The van der Waals surface area contributed by atoms with Crippen LogP contribution in [0.3, 0.4) is 0 Å². The number of hydrogen-bond donors (Lipinski definition) is 1. The van der Waals surface area contributed by atoms with E-state index in [0.29, 0.717) is 22.7 Å². The molecule has 0 fully saturated rings. The predicted molar refractivity (Wildman–Crippen MR) is 76.5 cm³/mol. The van der Waals surface area contributed by atoms with Crippen molar-refractivity contribution in [3.8, 4) is 0 Å². The maximum absolute atomic E-state index is 13.6. The van der Waals surface area contributed by atoms with E-state index in [1.54, 1.807) is 18.2 Å². The quantitative estimate of drug-likeness (QED) is 0.853. The minimum Gasteiger partial charge on any atom is -0.207 e. The molecule has 0 bridgehead atoms. The van der Waals surface area contributed by atoms with Gasteiger partial charge in [-0.15, -0.1) is 0 Å². The molecule has 3 nitrogen and oxygen atoms in total. The van der Waals surface area contributed by atoms with Crippen molar-refractivity contribution < 1.29 is 21.6 Å². The lowest BCUT2D eigenvalue weighted by Crippen LogP contribution is -2.28. The van der Waals surface area contributed by atoms with E-state index in [9.17, 15) is 21.6 Å². The highest BCUT2D eigenvalue weighted by molar-refractivity contribution is 7.89. The van der Waals surface area contributed by atoms with Crippen molar-refractivity contribution in [1.82, 2.24) is 4.72 Å². The van der Waals surface area contributed by atoms with E-state index in [-0.39, 0.29) is 0 Å². The molecule has 0 aliphatic carbocycles. The molecule has 2 aromatic carbocycles. The number of rotatable bonds is 4. The highest BCUT2D eigenvalue weighted by atomic mass is 35.5. The number of sulfonamides is 1. The van der Waals surface area contributed by atoms with Gasteiger partial charge in [-0.3, -0.25) is 0 Å². The molecule has 0 saturated carbocycles. The van der Waals surface area contributed by atoms with E-state index in [0.717, 1.165) is 0 Å². The van der Waals surface area contributed by atoms with Gasteiger partial charge >= 0.3 is 0 Å². The van der Waals surface area contributed by atoms with E-state index < -0.39 is 38.4 Å². The molecule has 0 aromatic heterocycles. The summed E-state index contributed by atoms with van der Waals surface area (Å²) in [5.74, 6) is -5.05. The minimum atomic E-state index is -4.37. The molecule has 2 rings (SSSR count). The molecular weight excluding hydrogens is 339 g/mol. The second-order valence-corrected chi connectivity index (χ2v) is 6.69. The van der Waals surface area contributed by atoms with Gasteiger partial charge in [-0.25, -0.2) is 26.3 Å². The fourth-order valence-corrected chi connectivity index (χ4v) is 3.36. The Kier molecular flexibility index (Phi) is 4.79. The second-order valence-electron chi connectivity index (χ2n) is 4.57. The molecule has 1 N–H and O–H groups in total. The van der Waals surface area contributed by atoms with Crippen LogP contribution in [0.15, 0.2) is 41.3 Å². The molecule has 1 unspecified atom stereocenters. The number of nitrogens with one attached hydrogen (secondary N) is 1. The maximum atomic E-state index is 13.6. The summed E-state index contributed by atoms with van der Waals surface area (Å²) < 4.78 is 66.1. The van der Waals surface area contributed by atoms with Crippen LogP contribution in [0, 0.1) is 17.5 Å². The first-order chi connectivity index (χ1) is 10.2. The van der Waals surface area contributed by atoms with Crippen LogP contribution in [0.4, 0.5) is 13.2 Å². The molecule has 22 heavy (non-hydrogen) atoms. The summed E-state index contributed by atoms with van der Waals surface area (Å²) in [6.45, 7) is 1.51. The van der Waals surface area contributed by atoms with Crippen LogP contribution in [0.1, 0.15) is 18.5 Å². The molecule has 0 saturated heterocycles. The van der Waals surface area contributed by atoms with E-state index in [4.69, 9.17) is 11.6 Å². The van der Waals surface area contributed by atoms with Gasteiger partial charge in [-0.05, 0) is 36.8 Å². The zero-order valence-electron chi connectivity index (χ0n) is 11.3. The van der Waals surface area contributed by atoms with Crippen LogP contribution in [0.25, 0.3) is 0 Å². The zero-order valence-corrected chi connectivity index (χ0v) is 12.9. The Morgan fingerprint density at radius 3 is 2.41 bits per heavy atom. The fraction of sp³-hybridized carbons (Fsp3) is 0.143. The Balaban J connectivity index is 2.34. The van der Waals surface area contributed by atoms with E-state index in [1.165, 1.54) is 13.0 Å². The van der Waals surface area contributed by atoms with Gasteiger partial charge in [0.2, 0.25) is 10.0 Å². The first-order valence-corrected chi connectivity index (χ1v) is 8.00. The summed E-state index contributed by atoms with van der Waals surface area (Å²) in [5.41, 5.74) is 0.541. The van der Waals surface area contributed by atoms with Crippen LogP contribution in [0.2, 0.25) is 5.02 Å². The monoisotopic (exact) mass is 349 g/mol. The van der Waals surface area contributed by atoms with Crippen LogP contribution < -0.4 is 4.72 Å². The third-order valence-corrected chi connectivity index (χ3v) is 4.76. The van der Waals surface area contributed by atoms with Gasteiger partial charge in [-0.2, -0.15) is 0 Å². The normalized spacial score (nSPS) is 13.1. The lowest BCUT2D eigenvalue weighted by Gasteiger charge is -2.15. The first-order valence-electron chi connectivity index (χ1n) is 6.13. The molecule has 8 heteroatoms. The van der Waals surface area contributed by atoms with E-state index in [2.05, 4.69) is 4.72 Å². The second kappa shape index (κ2) is 6.28. The third-order valence-electron chi connectivity index (χ3n) is 2.97. The third kappa shape index (κ3) is 3.43. The van der Waals surface area contributed by atoms with Crippen molar-refractivity contribution in [2.24, 2.45) is 0 Å². The van der Waals surface area contributed by atoms with Gasteiger partial charge in [0.15, 0.2) is 17.5 Å². The molecule has 0 radical (unpaired) electrons. The standard InChI is InChI=1S/C14H11ClF3NO2S/c1-8(9-3-2-4-10(15)7-9)19-22(20,21)12-6-5-11(16)13(17)14(12)18/h2-8,19H,1H3. The van der Waals surface area contributed by atoms with Crippen molar-refractivity contribution in [3.05, 3.63) is 64.4 Å². The summed E-state index contributed by atoms with van der Waals surface area (Å²) >= 11 is 5.81. The Hall–Kier alpha value is -1.57. The molecule has 0 aliphatic heterocycles. The lowest BCUT2D eigenvalue weighted by atomic mass is 10.1. The average molecular weight is 350 g/mol. The molecule has 0 heterocycles. The van der Waals surface area contributed by atoms with Gasteiger partial charge in [0.25, 0.3) is 0 Å². The maximum Gasteiger partial charge on any atom is 0.244 e. The number of benzene rings is 2. The topological polar surface area (TPSA) is 46.2 Å². The Labute approximate surface area is 130 Å². The molecule has 0 aliphatic rings. The van der Waals surface area contributed by atoms with Gasteiger partial charge < -0.3 is 0 Å². The van der Waals surface area contributed by atoms with Crippen LogP contribution in [-0.2, 0) is 10.0 Å².